The van der Waals surface area contributed by atoms with Crippen molar-refractivity contribution >= 4 is 28.3 Å². The Morgan fingerprint density at radius 2 is 1.97 bits per heavy atom. The molecule has 32 heavy (non-hydrogen) atoms. The molecule has 0 bridgehead atoms. The van der Waals surface area contributed by atoms with Crippen molar-refractivity contribution < 1.29 is 14.0 Å². The van der Waals surface area contributed by atoms with E-state index in [9.17, 15) is 9.59 Å². The molecule has 2 amide bonds. The molecule has 0 aliphatic carbocycles. The topological polar surface area (TPSA) is 114 Å². The van der Waals surface area contributed by atoms with Gasteiger partial charge in [0.2, 0.25) is 11.8 Å². The summed E-state index contributed by atoms with van der Waals surface area (Å²) in [5.74, 6) is -0.271. The van der Waals surface area contributed by atoms with E-state index in [0.29, 0.717) is 36.2 Å². The Labute approximate surface area is 187 Å². The van der Waals surface area contributed by atoms with Crippen molar-refractivity contribution in [3.63, 3.8) is 0 Å². The summed E-state index contributed by atoms with van der Waals surface area (Å²) in [6.07, 6.45) is 3.29. The van der Waals surface area contributed by atoms with Gasteiger partial charge in [-0.15, -0.1) is 11.3 Å². The van der Waals surface area contributed by atoms with Gasteiger partial charge in [0.15, 0.2) is 10.8 Å². The van der Waals surface area contributed by atoms with Crippen molar-refractivity contribution in [3.05, 3.63) is 77.6 Å². The molecule has 1 fully saturated rings. The van der Waals surface area contributed by atoms with E-state index in [-0.39, 0.29) is 23.4 Å². The molecule has 160 valence electrons. The molecule has 5 rings (SSSR count). The Morgan fingerprint density at radius 1 is 1.12 bits per heavy atom. The van der Waals surface area contributed by atoms with Crippen LogP contribution in [0, 0.1) is 5.92 Å². The standard InChI is InChI=1S/C22H18N6O3S/c29-20(25-22-23-8-9-32-22)15-11-28(12-15)21(30)18-13-31-19(24-18)10-16-6-7-17(27-26-16)14-4-2-1-3-5-14/h1-9,13,15H,10-12H2,(H,23,25,29). The van der Waals surface area contributed by atoms with E-state index in [1.807, 2.05) is 42.5 Å². The second kappa shape index (κ2) is 8.67. The average Bonchev–Trinajstić information content (AvgIpc) is 3.46. The van der Waals surface area contributed by atoms with Crippen LogP contribution in [0.3, 0.4) is 0 Å². The van der Waals surface area contributed by atoms with Gasteiger partial charge in [0.1, 0.15) is 6.26 Å². The molecule has 1 N–H and O–H groups in total. The Morgan fingerprint density at radius 3 is 2.69 bits per heavy atom. The number of benzene rings is 1. The quantitative estimate of drug-likeness (QED) is 0.484. The van der Waals surface area contributed by atoms with Gasteiger partial charge in [0, 0.05) is 30.2 Å². The molecule has 4 aromatic rings. The average molecular weight is 446 g/mol. The molecule has 1 aliphatic heterocycles. The van der Waals surface area contributed by atoms with Crippen LogP contribution >= 0.6 is 11.3 Å². The molecule has 10 heteroatoms. The highest BCUT2D eigenvalue weighted by atomic mass is 32.1. The van der Waals surface area contributed by atoms with E-state index in [1.165, 1.54) is 17.6 Å². The van der Waals surface area contributed by atoms with Crippen molar-refractivity contribution in [2.75, 3.05) is 18.4 Å². The Kier molecular flexibility index (Phi) is 5.42. The number of nitrogens with zero attached hydrogens (tertiary/aromatic N) is 5. The predicted octanol–water partition coefficient (Wildman–Crippen LogP) is 2.89. The van der Waals surface area contributed by atoms with Gasteiger partial charge in [-0.3, -0.25) is 9.59 Å². The highest BCUT2D eigenvalue weighted by molar-refractivity contribution is 7.13. The maximum absolute atomic E-state index is 12.6. The molecule has 3 aromatic heterocycles. The van der Waals surface area contributed by atoms with Crippen LogP contribution < -0.4 is 5.32 Å². The number of carbonyl (C=O) groups is 2. The van der Waals surface area contributed by atoms with Crippen molar-refractivity contribution in [3.8, 4) is 11.3 Å². The number of hydrogen-bond acceptors (Lipinski definition) is 8. The summed E-state index contributed by atoms with van der Waals surface area (Å²) in [7, 11) is 0. The summed E-state index contributed by atoms with van der Waals surface area (Å²) in [5, 5.41) is 13.6. The Bertz CT molecular complexity index is 1220. The molecule has 0 unspecified atom stereocenters. The molecule has 4 heterocycles. The fourth-order valence-electron chi connectivity index (χ4n) is 3.33. The highest BCUT2D eigenvalue weighted by Gasteiger charge is 2.37. The largest absolute Gasteiger partial charge is 0.448 e. The number of anilines is 1. The van der Waals surface area contributed by atoms with Crippen LogP contribution in [-0.2, 0) is 11.2 Å². The van der Waals surface area contributed by atoms with Gasteiger partial charge in [-0.1, -0.05) is 30.3 Å². The summed E-state index contributed by atoms with van der Waals surface area (Å²) < 4.78 is 5.46. The van der Waals surface area contributed by atoms with E-state index in [1.54, 1.807) is 16.5 Å². The number of carbonyl (C=O) groups excluding carboxylic acids is 2. The van der Waals surface area contributed by atoms with E-state index < -0.39 is 0 Å². The Balaban J connectivity index is 1.16. The number of thiazole rings is 1. The molecule has 0 spiro atoms. The van der Waals surface area contributed by atoms with Crippen LogP contribution in [0.1, 0.15) is 22.1 Å². The van der Waals surface area contributed by atoms with Crippen molar-refractivity contribution in [1.29, 1.82) is 0 Å². The molecule has 1 aromatic carbocycles. The number of aromatic nitrogens is 4. The van der Waals surface area contributed by atoms with Gasteiger partial charge in [0.05, 0.1) is 23.7 Å². The third-order valence-corrected chi connectivity index (χ3v) is 5.78. The maximum atomic E-state index is 12.6. The Hall–Kier alpha value is -3.92. The molecular formula is C22H18N6O3S. The molecule has 0 radical (unpaired) electrons. The minimum absolute atomic E-state index is 0.137. The van der Waals surface area contributed by atoms with Gasteiger partial charge in [-0.05, 0) is 12.1 Å². The van der Waals surface area contributed by atoms with Crippen molar-refractivity contribution in [1.82, 2.24) is 25.1 Å². The first-order valence-electron chi connectivity index (χ1n) is 9.98. The van der Waals surface area contributed by atoms with Gasteiger partial charge >= 0.3 is 0 Å². The first-order chi connectivity index (χ1) is 15.7. The van der Waals surface area contributed by atoms with Crippen LogP contribution in [0.5, 0.6) is 0 Å². The molecule has 0 saturated carbocycles. The summed E-state index contributed by atoms with van der Waals surface area (Å²) in [6.45, 7) is 0.676. The smallest absolute Gasteiger partial charge is 0.275 e. The molecule has 1 saturated heterocycles. The fourth-order valence-corrected chi connectivity index (χ4v) is 3.86. The second-order valence-electron chi connectivity index (χ2n) is 7.31. The van der Waals surface area contributed by atoms with E-state index in [0.717, 1.165) is 11.3 Å². The second-order valence-corrected chi connectivity index (χ2v) is 8.21. The predicted molar refractivity (Wildman–Crippen MR) is 117 cm³/mol. The lowest BCUT2D eigenvalue weighted by molar-refractivity contribution is -0.123. The normalized spacial score (nSPS) is 13.6. The zero-order valence-corrected chi connectivity index (χ0v) is 17.7. The van der Waals surface area contributed by atoms with Crippen molar-refractivity contribution in [2.45, 2.75) is 6.42 Å². The number of rotatable bonds is 6. The summed E-state index contributed by atoms with van der Waals surface area (Å²) >= 11 is 1.35. The summed E-state index contributed by atoms with van der Waals surface area (Å²) in [6, 6.07) is 13.5. The van der Waals surface area contributed by atoms with Gasteiger partial charge < -0.3 is 14.6 Å². The minimum atomic E-state index is -0.260. The third kappa shape index (κ3) is 4.26. The van der Waals surface area contributed by atoms with E-state index in [2.05, 4.69) is 25.5 Å². The zero-order valence-electron chi connectivity index (χ0n) is 16.8. The first kappa shape index (κ1) is 20.0. The van der Waals surface area contributed by atoms with E-state index in [4.69, 9.17) is 4.42 Å². The molecule has 0 atom stereocenters. The molecule has 1 aliphatic rings. The van der Waals surface area contributed by atoms with Gasteiger partial charge in [0.25, 0.3) is 5.91 Å². The van der Waals surface area contributed by atoms with Crippen LogP contribution in [-0.4, -0.2) is 50.0 Å². The number of hydrogen-bond donors (Lipinski definition) is 1. The first-order valence-corrected chi connectivity index (χ1v) is 10.9. The number of oxazole rings is 1. The summed E-state index contributed by atoms with van der Waals surface area (Å²) in [5.41, 5.74) is 2.67. The lowest BCUT2D eigenvalue weighted by atomic mass is 9.99. The lowest BCUT2D eigenvalue weighted by Gasteiger charge is -2.37. The minimum Gasteiger partial charge on any atom is -0.448 e. The SMILES string of the molecule is O=C(Nc1nccs1)C1CN(C(=O)c2coc(Cc3ccc(-c4ccccc4)nn3)n2)C1. The van der Waals surface area contributed by atoms with Crippen LogP contribution in [0.2, 0.25) is 0 Å². The van der Waals surface area contributed by atoms with Crippen LogP contribution in [0.25, 0.3) is 11.3 Å². The highest BCUT2D eigenvalue weighted by Crippen LogP contribution is 2.22. The number of amides is 2. The monoisotopic (exact) mass is 446 g/mol. The molecular weight excluding hydrogens is 428 g/mol. The van der Waals surface area contributed by atoms with Crippen LogP contribution in [0.15, 0.2) is 64.7 Å². The maximum Gasteiger partial charge on any atom is 0.275 e. The summed E-state index contributed by atoms with van der Waals surface area (Å²) in [4.78, 5) is 34.7. The van der Waals surface area contributed by atoms with Gasteiger partial charge in [-0.25, -0.2) is 9.97 Å². The zero-order chi connectivity index (χ0) is 21.9. The number of nitrogens with one attached hydrogen (secondary N) is 1. The van der Waals surface area contributed by atoms with Crippen molar-refractivity contribution in [2.24, 2.45) is 5.92 Å². The number of likely N-dealkylation sites (tertiary alicyclic amines) is 1. The van der Waals surface area contributed by atoms with Gasteiger partial charge in [-0.2, -0.15) is 10.2 Å². The lowest BCUT2D eigenvalue weighted by Crippen LogP contribution is -2.54. The fraction of sp³-hybridized carbons (Fsp3) is 0.182. The third-order valence-electron chi connectivity index (χ3n) is 5.09. The molecule has 9 nitrogen and oxygen atoms in total. The van der Waals surface area contributed by atoms with E-state index >= 15 is 0 Å². The van der Waals surface area contributed by atoms with Crippen LogP contribution in [0.4, 0.5) is 5.13 Å².